The molecule has 3 aliphatic heterocycles. The summed E-state index contributed by atoms with van der Waals surface area (Å²) in [5.41, 5.74) is 0.855. The molecule has 4 rings (SSSR count). The first-order valence-electron chi connectivity index (χ1n) is 12.7. The largest absolute Gasteiger partial charge is 0.388 e. The average Bonchev–Trinajstić information content (AvgIpc) is 2.90. The van der Waals surface area contributed by atoms with Gasteiger partial charge in [-0.2, -0.15) is 0 Å². The Morgan fingerprint density at radius 3 is 1.55 bits per heavy atom. The fourth-order valence-corrected chi connectivity index (χ4v) is 4.83. The third-order valence-corrected chi connectivity index (χ3v) is 7.20. The van der Waals surface area contributed by atoms with Crippen LogP contribution in [-0.4, -0.2) is 128 Å². The molecular formula is C25H38O13. The highest BCUT2D eigenvalue weighted by Gasteiger charge is 2.51. The van der Waals surface area contributed by atoms with Gasteiger partial charge in [0.25, 0.3) is 0 Å². The molecule has 0 aliphatic carbocycles. The van der Waals surface area contributed by atoms with Crippen molar-refractivity contribution in [2.75, 3.05) is 0 Å². The van der Waals surface area contributed by atoms with Gasteiger partial charge in [0.2, 0.25) is 0 Å². The summed E-state index contributed by atoms with van der Waals surface area (Å²) in [5.74, 6) is 0. The Balaban J connectivity index is 1.35. The Morgan fingerprint density at radius 2 is 1.00 bits per heavy atom. The highest BCUT2D eigenvalue weighted by molar-refractivity contribution is 5.13. The highest BCUT2D eigenvalue weighted by atomic mass is 16.8. The summed E-state index contributed by atoms with van der Waals surface area (Å²) >= 11 is 0. The maximum absolute atomic E-state index is 10.8. The summed E-state index contributed by atoms with van der Waals surface area (Å²) in [5, 5.41) is 72.9. The van der Waals surface area contributed by atoms with E-state index in [-0.39, 0.29) is 6.61 Å². The second-order valence-electron chi connectivity index (χ2n) is 10.1. The zero-order valence-electron chi connectivity index (χ0n) is 21.3. The molecule has 0 aromatic heterocycles. The molecule has 0 amide bonds. The summed E-state index contributed by atoms with van der Waals surface area (Å²) < 4.78 is 33.9. The summed E-state index contributed by atoms with van der Waals surface area (Å²) in [4.78, 5) is 0. The third-order valence-electron chi connectivity index (χ3n) is 7.20. The lowest BCUT2D eigenvalue weighted by Crippen LogP contribution is -2.65. The SMILES string of the molecule is C[C@@H]1O[C@@H](O[C@H]2[C@H](O)[C@H](O)[C@@H](O[C@H]3[C@H](O)[C@H](O)[C@@H](OCc4ccccc4)O[C@@H]3C)O[C@@H]2C)[C@H](O)[C@H](O)[C@H]1O. The van der Waals surface area contributed by atoms with Crippen molar-refractivity contribution in [2.24, 2.45) is 0 Å². The first-order valence-corrected chi connectivity index (χ1v) is 12.7. The molecule has 13 nitrogen and oxygen atoms in total. The molecule has 13 heteroatoms. The van der Waals surface area contributed by atoms with Crippen LogP contribution in [0.1, 0.15) is 26.3 Å². The van der Waals surface area contributed by atoms with Crippen LogP contribution in [0.3, 0.4) is 0 Å². The van der Waals surface area contributed by atoms with Crippen LogP contribution >= 0.6 is 0 Å². The number of benzene rings is 1. The van der Waals surface area contributed by atoms with E-state index in [4.69, 9.17) is 28.4 Å². The summed E-state index contributed by atoms with van der Waals surface area (Å²) in [6.45, 7) is 4.76. The molecule has 7 N–H and O–H groups in total. The molecule has 1 aromatic rings. The minimum absolute atomic E-state index is 0.150. The van der Waals surface area contributed by atoms with E-state index in [0.29, 0.717) is 0 Å². The van der Waals surface area contributed by atoms with E-state index in [0.717, 1.165) is 5.56 Å². The molecule has 0 bridgehead atoms. The van der Waals surface area contributed by atoms with Crippen molar-refractivity contribution < 1.29 is 64.2 Å². The first kappa shape index (κ1) is 29.7. The molecule has 0 unspecified atom stereocenters. The van der Waals surface area contributed by atoms with Gasteiger partial charge in [-0.05, 0) is 26.3 Å². The molecule has 38 heavy (non-hydrogen) atoms. The number of aliphatic hydroxyl groups excluding tert-OH is 7. The summed E-state index contributed by atoms with van der Waals surface area (Å²) in [6.07, 6.45) is -19.5. The van der Waals surface area contributed by atoms with Crippen molar-refractivity contribution in [3.05, 3.63) is 35.9 Å². The summed E-state index contributed by atoms with van der Waals surface area (Å²) in [7, 11) is 0. The molecule has 216 valence electrons. The van der Waals surface area contributed by atoms with E-state index in [1.165, 1.54) is 13.8 Å². The fraction of sp³-hybridized carbons (Fsp3) is 0.760. The molecular weight excluding hydrogens is 508 g/mol. The van der Waals surface area contributed by atoms with Crippen molar-refractivity contribution in [1.29, 1.82) is 0 Å². The lowest BCUT2D eigenvalue weighted by Gasteiger charge is -2.47. The standard InChI is InChI=1S/C25H38O13/c1-10-14(26)15(27)18(30)24(34-10)37-22-12(3)36-25(20(32)17(22)29)38-21-11(2)35-23(19(31)16(21)28)33-9-13-7-5-4-6-8-13/h4-8,10-12,14-32H,9H2,1-3H3/t10-,11+,12+,14-,15+,16+,17+,18+,19-,20-,21+,22+,23-,24-,25+/m0/s1. The van der Waals surface area contributed by atoms with Gasteiger partial charge in [0.1, 0.15) is 54.9 Å². The van der Waals surface area contributed by atoms with E-state index in [2.05, 4.69) is 0 Å². The number of hydrogen-bond donors (Lipinski definition) is 7. The number of rotatable bonds is 7. The van der Waals surface area contributed by atoms with Gasteiger partial charge in [-0.3, -0.25) is 0 Å². The molecule has 3 saturated heterocycles. The number of ether oxygens (including phenoxy) is 6. The molecule has 3 fully saturated rings. The summed E-state index contributed by atoms with van der Waals surface area (Å²) in [6, 6.07) is 9.24. The molecule has 0 radical (unpaired) electrons. The van der Waals surface area contributed by atoms with Gasteiger partial charge in [-0.1, -0.05) is 30.3 Å². The molecule has 3 heterocycles. The van der Waals surface area contributed by atoms with Gasteiger partial charge in [0.05, 0.1) is 24.9 Å². The van der Waals surface area contributed by atoms with Crippen molar-refractivity contribution >= 4 is 0 Å². The zero-order chi connectivity index (χ0) is 27.7. The van der Waals surface area contributed by atoms with Crippen LogP contribution in [-0.2, 0) is 35.0 Å². The van der Waals surface area contributed by atoms with Gasteiger partial charge in [0.15, 0.2) is 18.9 Å². The molecule has 1 aromatic carbocycles. The lowest BCUT2D eigenvalue weighted by atomic mass is 9.96. The van der Waals surface area contributed by atoms with Crippen molar-refractivity contribution in [1.82, 2.24) is 0 Å². The van der Waals surface area contributed by atoms with Crippen molar-refractivity contribution in [2.45, 2.75) is 119 Å². The van der Waals surface area contributed by atoms with Gasteiger partial charge in [-0.25, -0.2) is 0 Å². The Labute approximate surface area is 220 Å². The molecule has 3 aliphatic rings. The van der Waals surface area contributed by atoms with Crippen LogP contribution in [0.4, 0.5) is 0 Å². The second kappa shape index (κ2) is 12.5. The Hall–Kier alpha value is -1.30. The van der Waals surface area contributed by atoms with E-state index in [1.54, 1.807) is 6.92 Å². The van der Waals surface area contributed by atoms with Crippen LogP contribution in [0, 0.1) is 0 Å². The smallest absolute Gasteiger partial charge is 0.187 e. The van der Waals surface area contributed by atoms with Crippen LogP contribution in [0.2, 0.25) is 0 Å². The minimum atomic E-state index is -1.66. The Bertz CT molecular complexity index is 876. The van der Waals surface area contributed by atoms with E-state index in [9.17, 15) is 35.7 Å². The molecule has 15 atom stereocenters. The second-order valence-corrected chi connectivity index (χ2v) is 10.1. The minimum Gasteiger partial charge on any atom is -0.388 e. The predicted octanol–water partition coefficient (Wildman–Crippen LogP) is -2.27. The van der Waals surface area contributed by atoms with Gasteiger partial charge < -0.3 is 64.2 Å². The van der Waals surface area contributed by atoms with Gasteiger partial charge in [0, 0.05) is 0 Å². The number of aliphatic hydroxyl groups is 7. The maximum Gasteiger partial charge on any atom is 0.187 e. The first-order chi connectivity index (χ1) is 18.0. The van der Waals surface area contributed by atoms with Crippen molar-refractivity contribution in [3.63, 3.8) is 0 Å². The Kier molecular flexibility index (Phi) is 9.74. The van der Waals surface area contributed by atoms with Crippen molar-refractivity contribution in [3.8, 4) is 0 Å². The quantitative estimate of drug-likeness (QED) is 0.194. The van der Waals surface area contributed by atoms with Gasteiger partial charge in [-0.15, -0.1) is 0 Å². The highest BCUT2D eigenvalue weighted by Crippen LogP contribution is 2.32. The molecule has 0 saturated carbocycles. The van der Waals surface area contributed by atoms with Crippen LogP contribution < -0.4 is 0 Å². The monoisotopic (exact) mass is 546 g/mol. The molecule has 0 spiro atoms. The lowest BCUT2D eigenvalue weighted by molar-refractivity contribution is -0.373. The number of hydrogen-bond acceptors (Lipinski definition) is 13. The van der Waals surface area contributed by atoms with E-state index >= 15 is 0 Å². The zero-order valence-corrected chi connectivity index (χ0v) is 21.3. The van der Waals surface area contributed by atoms with E-state index in [1.807, 2.05) is 30.3 Å². The average molecular weight is 547 g/mol. The maximum atomic E-state index is 10.8. The van der Waals surface area contributed by atoms with Crippen LogP contribution in [0.15, 0.2) is 30.3 Å². The normalized spacial score (nSPS) is 48.1. The van der Waals surface area contributed by atoms with E-state index < -0.39 is 92.1 Å². The van der Waals surface area contributed by atoms with Gasteiger partial charge >= 0.3 is 0 Å². The Morgan fingerprint density at radius 1 is 0.553 bits per heavy atom. The van der Waals surface area contributed by atoms with Crippen LogP contribution in [0.25, 0.3) is 0 Å². The third kappa shape index (κ3) is 6.20. The predicted molar refractivity (Wildman–Crippen MR) is 126 cm³/mol. The topological polar surface area (TPSA) is 197 Å². The van der Waals surface area contributed by atoms with Crippen LogP contribution in [0.5, 0.6) is 0 Å². The fourth-order valence-electron chi connectivity index (χ4n) is 4.83.